The predicted molar refractivity (Wildman–Crippen MR) is 113 cm³/mol. The first kappa shape index (κ1) is 23.1. The van der Waals surface area contributed by atoms with Crippen molar-refractivity contribution in [1.82, 2.24) is 4.98 Å². The van der Waals surface area contributed by atoms with Gasteiger partial charge in [-0.05, 0) is 36.8 Å². The monoisotopic (exact) mass is 465 g/mol. The lowest BCUT2D eigenvalue weighted by Gasteiger charge is -2.13. The van der Waals surface area contributed by atoms with Crippen LogP contribution in [0.15, 0.2) is 60.0 Å². The van der Waals surface area contributed by atoms with Gasteiger partial charge >= 0.3 is 12.3 Å². The molecule has 3 rings (SSSR count). The fourth-order valence-electron chi connectivity index (χ4n) is 2.48. The van der Waals surface area contributed by atoms with Crippen molar-refractivity contribution in [3.63, 3.8) is 0 Å². The number of anilines is 2. The maximum Gasteiger partial charge on any atom is 0.573 e. The molecule has 1 aromatic heterocycles. The number of thiazole rings is 1. The first-order chi connectivity index (χ1) is 15.2. The van der Waals surface area contributed by atoms with Gasteiger partial charge in [-0.3, -0.25) is 4.79 Å². The molecule has 1 atom stereocenters. The quantitative estimate of drug-likeness (QED) is 0.463. The minimum Gasteiger partial charge on any atom is -0.448 e. The normalized spacial score (nSPS) is 12.0. The number of carbonyl (C=O) groups is 2. The summed E-state index contributed by atoms with van der Waals surface area (Å²) < 4.78 is 45.5. The molecule has 2 N–H and O–H groups in total. The Balaban J connectivity index is 1.49. The summed E-state index contributed by atoms with van der Waals surface area (Å²) in [6.07, 6.45) is -5.96. The lowest BCUT2D eigenvalue weighted by atomic mass is 10.2. The van der Waals surface area contributed by atoms with E-state index >= 15 is 0 Å². The highest BCUT2D eigenvalue weighted by atomic mass is 32.1. The second kappa shape index (κ2) is 10.1. The van der Waals surface area contributed by atoms with E-state index < -0.39 is 30.1 Å². The van der Waals surface area contributed by atoms with E-state index in [4.69, 9.17) is 4.74 Å². The smallest absolute Gasteiger partial charge is 0.448 e. The summed E-state index contributed by atoms with van der Waals surface area (Å²) in [4.78, 5) is 28.7. The molecule has 11 heteroatoms. The molecule has 3 aromatic rings. The summed E-state index contributed by atoms with van der Waals surface area (Å²) in [5.74, 6) is -1.85. The van der Waals surface area contributed by atoms with Crippen molar-refractivity contribution in [2.24, 2.45) is 0 Å². The van der Waals surface area contributed by atoms with Crippen molar-refractivity contribution in [2.75, 3.05) is 10.6 Å². The van der Waals surface area contributed by atoms with Crippen LogP contribution in [0, 0.1) is 0 Å². The third kappa shape index (κ3) is 6.98. The third-order valence-electron chi connectivity index (χ3n) is 4.01. The Morgan fingerprint density at radius 3 is 2.44 bits per heavy atom. The van der Waals surface area contributed by atoms with E-state index in [0.717, 1.165) is 17.7 Å². The number of rotatable bonds is 8. The number of carbonyl (C=O) groups excluding carboxylic acids is 2. The zero-order valence-electron chi connectivity index (χ0n) is 16.7. The minimum absolute atomic E-state index is 0.0545. The molecule has 0 radical (unpaired) electrons. The fourth-order valence-corrected chi connectivity index (χ4v) is 3.16. The van der Waals surface area contributed by atoms with Crippen LogP contribution < -0.4 is 15.4 Å². The van der Waals surface area contributed by atoms with Crippen molar-refractivity contribution in [3.8, 4) is 5.75 Å². The molecule has 32 heavy (non-hydrogen) atoms. The lowest BCUT2D eigenvalue weighted by molar-refractivity contribution is -0.274. The van der Waals surface area contributed by atoms with Gasteiger partial charge in [0.15, 0.2) is 16.9 Å². The molecule has 0 saturated heterocycles. The molecule has 1 heterocycles. The van der Waals surface area contributed by atoms with Crippen LogP contribution in [0.4, 0.5) is 24.0 Å². The lowest BCUT2D eigenvalue weighted by Crippen LogP contribution is -2.30. The minimum atomic E-state index is -4.81. The van der Waals surface area contributed by atoms with Gasteiger partial charge in [-0.1, -0.05) is 30.3 Å². The van der Waals surface area contributed by atoms with Crippen LogP contribution in [-0.4, -0.2) is 29.3 Å². The number of nitrogens with one attached hydrogen (secondary N) is 2. The number of hydrogen-bond donors (Lipinski definition) is 2. The fraction of sp³-hybridized carbons (Fsp3) is 0.190. The van der Waals surface area contributed by atoms with Crippen molar-refractivity contribution < 1.29 is 32.2 Å². The van der Waals surface area contributed by atoms with Gasteiger partial charge in [-0.15, -0.1) is 24.5 Å². The highest BCUT2D eigenvalue weighted by molar-refractivity contribution is 7.13. The van der Waals surface area contributed by atoms with Crippen molar-refractivity contribution in [1.29, 1.82) is 0 Å². The van der Waals surface area contributed by atoms with Crippen LogP contribution in [0.2, 0.25) is 0 Å². The molecule has 2 aromatic carbocycles. The number of ether oxygens (including phenoxy) is 2. The van der Waals surface area contributed by atoms with Crippen LogP contribution in [0.25, 0.3) is 0 Å². The van der Waals surface area contributed by atoms with Gasteiger partial charge < -0.3 is 20.1 Å². The third-order valence-corrected chi connectivity index (χ3v) is 4.81. The summed E-state index contributed by atoms with van der Waals surface area (Å²) in [5, 5.41) is 7.59. The van der Waals surface area contributed by atoms with E-state index in [1.54, 1.807) is 0 Å². The molecule has 0 spiro atoms. The number of alkyl halides is 3. The van der Waals surface area contributed by atoms with E-state index in [1.807, 2.05) is 30.3 Å². The van der Waals surface area contributed by atoms with Crippen molar-refractivity contribution in [3.05, 3.63) is 71.2 Å². The molecule has 1 unspecified atom stereocenters. The SMILES string of the molecule is CC(OC(=O)c1csc(NCc2ccccc2)n1)C(=O)Nc1ccc(OC(F)(F)F)cc1. The van der Waals surface area contributed by atoms with Gasteiger partial charge in [-0.25, -0.2) is 9.78 Å². The average Bonchev–Trinajstić information content (AvgIpc) is 3.22. The Kier molecular flexibility index (Phi) is 7.31. The largest absolute Gasteiger partial charge is 0.573 e. The van der Waals surface area contributed by atoms with E-state index in [0.29, 0.717) is 11.7 Å². The Bertz CT molecular complexity index is 1060. The number of nitrogens with zero attached hydrogens (tertiary/aromatic N) is 1. The maximum atomic E-state index is 12.3. The maximum absolute atomic E-state index is 12.3. The zero-order chi connectivity index (χ0) is 23.1. The number of hydrogen-bond acceptors (Lipinski definition) is 7. The summed E-state index contributed by atoms with van der Waals surface area (Å²) in [5.41, 5.74) is 1.32. The summed E-state index contributed by atoms with van der Waals surface area (Å²) in [6, 6.07) is 14.2. The van der Waals surface area contributed by atoms with Crippen LogP contribution in [0.5, 0.6) is 5.75 Å². The molecule has 0 aliphatic heterocycles. The molecule has 168 valence electrons. The molecule has 0 aliphatic carbocycles. The second-order valence-corrected chi connectivity index (χ2v) is 7.34. The van der Waals surface area contributed by atoms with Crippen LogP contribution in [0.3, 0.4) is 0 Å². The number of esters is 1. The summed E-state index contributed by atoms with van der Waals surface area (Å²) in [7, 11) is 0. The number of amides is 1. The molecule has 0 fully saturated rings. The average molecular weight is 465 g/mol. The van der Waals surface area contributed by atoms with E-state index in [9.17, 15) is 22.8 Å². The van der Waals surface area contributed by atoms with Gasteiger partial charge in [0, 0.05) is 17.6 Å². The first-order valence-corrected chi connectivity index (χ1v) is 10.2. The van der Waals surface area contributed by atoms with Gasteiger partial charge in [0.05, 0.1) is 0 Å². The number of aromatic nitrogens is 1. The van der Waals surface area contributed by atoms with E-state index in [2.05, 4.69) is 20.4 Å². The first-order valence-electron chi connectivity index (χ1n) is 9.30. The summed E-state index contributed by atoms with van der Waals surface area (Å²) in [6.45, 7) is 1.91. The Morgan fingerprint density at radius 1 is 1.09 bits per heavy atom. The molecular formula is C21H18F3N3O4S. The Hall–Kier alpha value is -3.60. The Labute approximate surface area is 185 Å². The highest BCUT2D eigenvalue weighted by Gasteiger charge is 2.31. The molecule has 7 nitrogen and oxygen atoms in total. The van der Waals surface area contributed by atoms with Gasteiger partial charge in [0.2, 0.25) is 0 Å². The molecule has 0 saturated carbocycles. The number of halogens is 3. The Morgan fingerprint density at radius 2 is 1.78 bits per heavy atom. The predicted octanol–water partition coefficient (Wildman–Crippen LogP) is 4.84. The molecule has 0 bridgehead atoms. The second-order valence-electron chi connectivity index (χ2n) is 6.49. The van der Waals surface area contributed by atoms with Crippen LogP contribution >= 0.6 is 11.3 Å². The van der Waals surface area contributed by atoms with Crippen molar-refractivity contribution >= 4 is 34.0 Å². The topological polar surface area (TPSA) is 89.5 Å². The molecule has 1 amide bonds. The van der Waals surface area contributed by atoms with Crippen LogP contribution in [-0.2, 0) is 16.1 Å². The summed E-state index contributed by atoms with van der Waals surface area (Å²) >= 11 is 1.22. The van der Waals surface area contributed by atoms with Gasteiger partial charge in [-0.2, -0.15) is 0 Å². The van der Waals surface area contributed by atoms with E-state index in [1.165, 1.54) is 35.8 Å². The molecular weight excluding hydrogens is 447 g/mol. The van der Waals surface area contributed by atoms with E-state index in [-0.39, 0.29) is 11.4 Å². The van der Waals surface area contributed by atoms with Gasteiger partial charge in [0.25, 0.3) is 5.91 Å². The molecule has 0 aliphatic rings. The van der Waals surface area contributed by atoms with Crippen LogP contribution in [0.1, 0.15) is 23.0 Å². The van der Waals surface area contributed by atoms with Gasteiger partial charge in [0.1, 0.15) is 5.75 Å². The standard InChI is InChI=1S/C21H18F3N3O4S/c1-13(18(28)26-15-7-9-16(10-8-15)31-21(22,23)24)30-19(29)17-12-32-20(27-17)25-11-14-5-3-2-4-6-14/h2-10,12-13H,11H2,1H3,(H,25,27)(H,26,28). The van der Waals surface area contributed by atoms with Crippen molar-refractivity contribution in [2.45, 2.75) is 25.9 Å². The number of benzene rings is 2. The zero-order valence-corrected chi connectivity index (χ0v) is 17.5. The highest BCUT2D eigenvalue weighted by Crippen LogP contribution is 2.24.